The molecule has 0 spiro atoms. The van der Waals surface area contributed by atoms with Crippen LogP contribution in [0.25, 0.3) is 22.5 Å². The molecule has 0 saturated carbocycles. The Morgan fingerprint density at radius 2 is 1.91 bits per heavy atom. The maximum atomic E-state index is 4.87. The number of hydrogen-bond acceptors (Lipinski definition) is 6. The monoisotopic (exact) mass is 430 g/mol. The first-order valence-electron chi connectivity index (χ1n) is 11.3. The molecule has 0 radical (unpaired) electrons. The van der Waals surface area contributed by atoms with Crippen LogP contribution in [0.1, 0.15) is 57.2 Å². The molecule has 0 unspecified atom stereocenters. The quantitative estimate of drug-likeness (QED) is 0.398. The van der Waals surface area contributed by atoms with E-state index in [1.807, 2.05) is 12.3 Å². The van der Waals surface area contributed by atoms with Gasteiger partial charge in [0.2, 0.25) is 5.82 Å². The number of rotatable bonds is 10. The Morgan fingerprint density at radius 3 is 2.62 bits per heavy atom. The van der Waals surface area contributed by atoms with E-state index < -0.39 is 0 Å². The molecule has 0 amide bonds. The van der Waals surface area contributed by atoms with Gasteiger partial charge in [0.25, 0.3) is 0 Å². The molecule has 3 aromatic heterocycles. The van der Waals surface area contributed by atoms with Crippen molar-refractivity contribution in [2.45, 2.75) is 59.4 Å². The van der Waals surface area contributed by atoms with Gasteiger partial charge in [0.15, 0.2) is 5.82 Å². The minimum atomic E-state index is 0.560. The van der Waals surface area contributed by atoms with E-state index in [2.05, 4.69) is 75.3 Å². The van der Waals surface area contributed by atoms with Crippen LogP contribution in [0.3, 0.4) is 0 Å². The lowest BCUT2D eigenvalue weighted by atomic mass is 9.99. The molecule has 4 rings (SSSR count). The number of unbranched alkanes of at least 4 members (excludes halogenated alkanes) is 1. The molecule has 0 saturated heterocycles. The Labute approximate surface area is 188 Å². The summed E-state index contributed by atoms with van der Waals surface area (Å²) in [5, 5.41) is 19.2. The van der Waals surface area contributed by atoms with E-state index in [0.717, 1.165) is 67.0 Å². The summed E-state index contributed by atoms with van der Waals surface area (Å²) in [4.78, 5) is 9.16. The standard InChI is InChI=1S/C24H30N8/c1-4-5-14-32-23(26-22(29-32)11-6-17(2)3)15-18-7-9-19(10-8-18)21-16-25-13-12-20(21)24-27-30-31-28-24/h7-10,12-13,16-17H,4-6,11,14-15H2,1-3H3,(H,27,28,30,31). The molecule has 4 aromatic rings. The summed E-state index contributed by atoms with van der Waals surface area (Å²) in [6, 6.07) is 10.4. The average Bonchev–Trinajstić information content (AvgIpc) is 3.47. The van der Waals surface area contributed by atoms with Gasteiger partial charge in [-0.3, -0.25) is 4.98 Å². The average molecular weight is 431 g/mol. The number of H-pyrrole nitrogens is 1. The van der Waals surface area contributed by atoms with Gasteiger partial charge < -0.3 is 0 Å². The molecule has 0 bridgehead atoms. The van der Waals surface area contributed by atoms with E-state index in [1.54, 1.807) is 6.20 Å². The highest BCUT2D eigenvalue weighted by atomic mass is 15.5. The third-order valence-electron chi connectivity index (χ3n) is 5.50. The molecule has 8 heteroatoms. The first-order valence-corrected chi connectivity index (χ1v) is 11.3. The molecule has 1 aromatic carbocycles. The fraction of sp³-hybridized carbons (Fsp3) is 0.417. The molecular formula is C24H30N8. The number of benzene rings is 1. The van der Waals surface area contributed by atoms with Crippen LogP contribution in [0.5, 0.6) is 0 Å². The molecule has 3 heterocycles. The second-order valence-electron chi connectivity index (χ2n) is 8.48. The van der Waals surface area contributed by atoms with Crippen molar-refractivity contribution < 1.29 is 0 Å². The van der Waals surface area contributed by atoms with Crippen LogP contribution in [0.15, 0.2) is 42.7 Å². The van der Waals surface area contributed by atoms with Crippen molar-refractivity contribution in [1.29, 1.82) is 0 Å². The van der Waals surface area contributed by atoms with Crippen molar-refractivity contribution in [1.82, 2.24) is 40.4 Å². The zero-order valence-electron chi connectivity index (χ0n) is 19.0. The van der Waals surface area contributed by atoms with E-state index in [4.69, 9.17) is 10.1 Å². The number of aromatic nitrogens is 8. The molecule has 0 aliphatic carbocycles. The van der Waals surface area contributed by atoms with Crippen molar-refractivity contribution in [3.63, 3.8) is 0 Å². The van der Waals surface area contributed by atoms with Gasteiger partial charge in [-0.05, 0) is 41.2 Å². The molecule has 1 N–H and O–H groups in total. The number of hydrogen-bond donors (Lipinski definition) is 1. The second kappa shape index (κ2) is 10.3. The maximum absolute atomic E-state index is 4.87. The predicted octanol–water partition coefficient (Wildman–Crippen LogP) is 4.50. The molecule has 8 nitrogen and oxygen atoms in total. The number of nitrogens with one attached hydrogen (secondary N) is 1. The summed E-state index contributed by atoms with van der Waals surface area (Å²) >= 11 is 0. The van der Waals surface area contributed by atoms with Crippen LogP contribution in [0.2, 0.25) is 0 Å². The zero-order valence-corrected chi connectivity index (χ0v) is 19.0. The molecule has 166 valence electrons. The van der Waals surface area contributed by atoms with Gasteiger partial charge in [-0.2, -0.15) is 10.3 Å². The number of tetrazole rings is 1. The van der Waals surface area contributed by atoms with Crippen molar-refractivity contribution in [3.8, 4) is 22.5 Å². The fourth-order valence-electron chi connectivity index (χ4n) is 3.65. The van der Waals surface area contributed by atoms with Gasteiger partial charge in [0, 0.05) is 42.9 Å². The van der Waals surface area contributed by atoms with E-state index in [0.29, 0.717) is 11.7 Å². The Bertz CT molecular complexity index is 1110. The SMILES string of the molecule is CCCCn1nc(CCC(C)C)nc1Cc1ccc(-c2cnccc2-c2nn[nH]n2)cc1. The van der Waals surface area contributed by atoms with Gasteiger partial charge in [-0.15, -0.1) is 10.2 Å². The zero-order chi connectivity index (χ0) is 22.3. The highest BCUT2D eigenvalue weighted by Crippen LogP contribution is 2.29. The van der Waals surface area contributed by atoms with E-state index in [1.165, 1.54) is 5.56 Å². The molecule has 0 fully saturated rings. The lowest BCUT2D eigenvalue weighted by molar-refractivity contribution is 0.536. The summed E-state index contributed by atoms with van der Waals surface area (Å²) in [7, 11) is 0. The third-order valence-corrected chi connectivity index (χ3v) is 5.50. The molecular weight excluding hydrogens is 400 g/mol. The third kappa shape index (κ3) is 5.25. The van der Waals surface area contributed by atoms with Crippen molar-refractivity contribution >= 4 is 0 Å². The lowest BCUT2D eigenvalue weighted by Crippen LogP contribution is -2.06. The summed E-state index contributed by atoms with van der Waals surface area (Å²) in [6.45, 7) is 7.60. The van der Waals surface area contributed by atoms with Gasteiger partial charge in [0.1, 0.15) is 5.82 Å². The number of aryl methyl sites for hydroxylation is 2. The van der Waals surface area contributed by atoms with Crippen LogP contribution in [-0.4, -0.2) is 40.4 Å². The normalized spacial score (nSPS) is 11.4. The maximum Gasteiger partial charge on any atom is 0.205 e. The Hall–Kier alpha value is -3.42. The summed E-state index contributed by atoms with van der Waals surface area (Å²) in [6.07, 6.45) is 8.64. The van der Waals surface area contributed by atoms with Crippen LogP contribution in [-0.2, 0) is 19.4 Å². The van der Waals surface area contributed by atoms with Crippen molar-refractivity contribution in [3.05, 3.63) is 59.9 Å². The largest absolute Gasteiger partial charge is 0.264 e. The fourth-order valence-corrected chi connectivity index (χ4v) is 3.65. The Kier molecular flexibility index (Phi) is 6.99. The Balaban J connectivity index is 1.54. The van der Waals surface area contributed by atoms with Crippen molar-refractivity contribution in [2.24, 2.45) is 5.92 Å². The molecule has 32 heavy (non-hydrogen) atoms. The van der Waals surface area contributed by atoms with E-state index in [-0.39, 0.29) is 0 Å². The van der Waals surface area contributed by atoms with E-state index >= 15 is 0 Å². The van der Waals surface area contributed by atoms with Crippen LogP contribution < -0.4 is 0 Å². The van der Waals surface area contributed by atoms with Gasteiger partial charge >= 0.3 is 0 Å². The highest BCUT2D eigenvalue weighted by molar-refractivity contribution is 5.79. The minimum Gasteiger partial charge on any atom is -0.264 e. The van der Waals surface area contributed by atoms with Gasteiger partial charge in [-0.25, -0.2) is 9.67 Å². The summed E-state index contributed by atoms with van der Waals surface area (Å²) < 4.78 is 2.10. The number of aromatic amines is 1. The van der Waals surface area contributed by atoms with Crippen LogP contribution >= 0.6 is 0 Å². The van der Waals surface area contributed by atoms with E-state index in [9.17, 15) is 0 Å². The number of pyridine rings is 1. The van der Waals surface area contributed by atoms with Gasteiger partial charge in [-0.1, -0.05) is 51.5 Å². The van der Waals surface area contributed by atoms with Crippen LogP contribution in [0.4, 0.5) is 0 Å². The smallest absolute Gasteiger partial charge is 0.205 e. The van der Waals surface area contributed by atoms with Gasteiger partial charge in [0.05, 0.1) is 0 Å². The minimum absolute atomic E-state index is 0.560. The Morgan fingerprint density at radius 1 is 1.06 bits per heavy atom. The first-order chi connectivity index (χ1) is 15.6. The molecule has 0 atom stereocenters. The highest BCUT2D eigenvalue weighted by Gasteiger charge is 2.13. The summed E-state index contributed by atoms with van der Waals surface area (Å²) in [5.41, 5.74) is 4.14. The predicted molar refractivity (Wildman–Crippen MR) is 124 cm³/mol. The van der Waals surface area contributed by atoms with Crippen molar-refractivity contribution in [2.75, 3.05) is 0 Å². The topological polar surface area (TPSA) is 98.1 Å². The lowest BCUT2D eigenvalue weighted by Gasteiger charge is -2.08. The first kappa shape index (κ1) is 21.8. The number of nitrogens with zero attached hydrogens (tertiary/aromatic N) is 7. The summed E-state index contributed by atoms with van der Waals surface area (Å²) in [5.74, 6) is 3.21. The molecule has 0 aliphatic heterocycles. The molecule has 0 aliphatic rings. The van der Waals surface area contributed by atoms with Crippen LogP contribution in [0, 0.1) is 5.92 Å². The second-order valence-corrected chi connectivity index (χ2v) is 8.48.